The third-order valence-electron chi connectivity index (χ3n) is 6.80. The maximum absolute atomic E-state index is 13.4. The number of H-pyrrole nitrogens is 1. The third kappa shape index (κ3) is 3.59. The number of aromatic nitrogens is 5. The summed E-state index contributed by atoms with van der Waals surface area (Å²) in [5.74, 6) is 1.07. The molecule has 2 atom stereocenters. The van der Waals surface area contributed by atoms with E-state index in [0.29, 0.717) is 47.7 Å². The Morgan fingerprint density at radius 3 is 2.69 bits per heavy atom. The van der Waals surface area contributed by atoms with Crippen LogP contribution in [0.1, 0.15) is 59.4 Å². The normalized spacial score (nSPS) is 27.0. The molecule has 3 aromatic rings. The fraction of sp³-hybridized carbons (Fsp3) is 0.455. The minimum absolute atomic E-state index is 0.0502. The van der Waals surface area contributed by atoms with Crippen molar-refractivity contribution in [3.05, 3.63) is 58.4 Å². The van der Waals surface area contributed by atoms with E-state index in [2.05, 4.69) is 25.5 Å². The van der Waals surface area contributed by atoms with Gasteiger partial charge in [0.05, 0.1) is 17.0 Å². The zero-order chi connectivity index (χ0) is 22.6. The summed E-state index contributed by atoms with van der Waals surface area (Å²) in [4.78, 5) is 21.9. The highest BCUT2D eigenvalue weighted by atomic mass is 35.5. The summed E-state index contributed by atoms with van der Waals surface area (Å²) in [7, 11) is 1.78. The van der Waals surface area contributed by atoms with E-state index in [-0.39, 0.29) is 16.8 Å². The topological polar surface area (TPSA) is 109 Å². The number of rotatable bonds is 4. The minimum Gasteiger partial charge on any atom is -0.382 e. The first-order chi connectivity index (χ1) is 15.2. The van der Waals surface area contributed by atoms with Crippen molar-refractivity contribution in [1.82, 2.24) is 24.7 Å². The molecule has 8 nitrogen and oxygen atoms in total. The van der Waals surface area contributed by atoms with Crippen LogP contribution in [0, 0.1) is 24.6 Å². The van der Waals surface area contributed by atoms with Crippen LogP contribution in [-0.2, 0) is 12.6 Å². The van der Waals surface area contributed by atoms with Crippen LogP contribution in [0.15, 0.2) is 24.5 Å². The molecule has 5 rings (SSSR count). The number of nitrogens with one attached hydrogen (secondary N) is 2. The molecule has 2 fully saturated rings. The number of imidazole rings is 1. The van der Waals surface area contributed by atoms with Crippen LogP contribution < -0.4 is 5.32 Å². The number of amides is 1. The molecule has 3 N–H and O–H groups in total. The van der Waals surface area contributed by atoms with Crippen LogP contribution in [0.4, 0.5) is 10.1 Å². The maximum atomic E-state index is 13.4. The summed E-state index contributed by atoms with van der Waals surface area (Å²) in [6, 6.07) is 4.08. The first-order valence-corrected chi connectivity index (χ1v) is 11.0. The lowest BCUT2D eigenvalue weighted by Gasteiger charge is -2.21. The number of aliphatic hydroxyl groups is 1. The van der Waals surface area contributed by atoms with Gasteiger partial charge in [0.25, 0.3) is 5.91 Å². The van der Waals surface area contributed by atoms with Gasteiger partial charge in [-0.25, -0.2) is 14.4 Å². The average Bonchev–Trinajstić information content (AvgIpc) is 3.48. The smallest absolute Gasteiger partial charge is 0.274 e. The highest BCUT2D eigenvalue weighted by Crippen LogP contribution is 2.56. The Morgan fingerprint density at radius 1 is 1.34 bits per heavy atom. The number of hydrogen-bond donors (Lipinski definition) is 3. The second-order valence-electron chi connectivity index (χ2n) is 9.05. The Kier molecular flexibility index (Phi) is 5.05. The van der Waals surface area contributed by atoms with E-state index in [1.807, 2.05) is 6.92 Å². The van der Waals surface area contributed by atoms with Crippen LogP contribution in [0.3, 0.4) is 0 Å². The Hall–Kier alpha value is -2.78. The van der Waals surface area contributed by atoms with Gasteiger partial charge in [-0.2, -0.15) is 5.10 Å². The molecule has 10 heteroatoms. The number of nitrogens with zero attached hydrogens (tertiary/aromatic N) is 4. The molecule has 0 aliphatic heterocycles. The van der Waals surface area contributed by atoms with Gasteiger partial charge in [-0.3, -0.25) is 9.89 Å². The van der Waals surface area contributed by atoms with Crippen LogP contribution >= 0.6 is 11.6 Å². The molecule has 2 aliphatic rings. The number of halogens is 2. The molecule has 0 bridgehead atoms. The molecule has 0 spiro atoms. The largest absolute Gasteiger partial charge is 0.382 e. The van der Waals surface area contributed by atoms with E-state index in [9.17, 15) is 14.3 Å². The van der Waals surface area contributed by atoms with Gasteiger partial charge in [0.15, 0.2) is 5.82 Å². The van der Waals surface area contributed by atoms with Crippen molar-refractivity contribution in [1.29, 1.82) is 0 Å². The number of carbonyl (C=O) groups is 1. The van der Waals surface area contributed by atoms with Gasteiger partial charge in [0, 0.05) is 18.7 Å². The molecular formula is C22H24ClFN6O2. The monoisotopic (exact) mass is 458 g/mol. The highest BCUT2D eigenvalue weighted by Gasteiger charge is 2.52. The molecule has 2 saturated carbocycles. The molecule has 1 amide bonds. The summed E-state index contributed by atoms with van der Waals surface area (Å²) in [6.45, 7) is 1.82. The molecule has 0 saturated heterocycles. The van der Waals surface area contributed by atoms with E-state index in [4.69, 9.17) is 11.6 Å². The number of anilines is 1. The van der Waals surface area contributed by atoms with Crippen molar-refractivity contribution in [2.45, 2.75) is 44.1 Å². The second-order valence-corrected chi connectivity index (χ2v) is 9.45. The third-order valence-corrected chi connectivity index (χ3v) is 7.09. The molecule has 2 heterocycles. The lowest BCUT2D eigenvalue weighted by Crippen LogP contribution is -2.25. The Bertz CT molecular complexity index is 1180. The lowest BCUT2D eigenvalue weighted by molar-refractivity contribution is 0.0257. The molecule has 168 valence electrons. The fourth-order valence-corrected chi connectivity index (χ4v) is 5.59. The summed E-state index contributed by atoms with van der Waals surface area (Å²) in [5.41, 5.74) is 0.654. The maximum Gasteiger partial charge on any atom is 0.274 e. The lowest BCUT2D eigenvalue weighted by atomic mass is 9.92. The van der Waals surface area contributed by atoms with E-state index >= 15 is 0 Å². The summed E-state index contributed by atoms with van der Waals surface area (Å²) < 4.78 is 15.1. The van der Waals surface area contributed by atoms with Gasteiger partial charge in [-0.05, 0) is 62.6 Å². The van der Waals surface area contributed by atoms with E-state index in [1.54, 1.807) is 17.9 Å². The van der Waals surface area contributed by atoms with Crippen molar-refractivity contribution in [2.24, 2.45) is 18.9 Å². The first-order valence-electron chi connectivity index (χ1n) is 10.6. The van der Waals surface area contributed by atoms with Crippen molar-refractivity contribution < 1.29 is 14.3 Å². The number of carbonyl (C=O) groups excluding carboxylic acids is 1. The summed E-state index contributed by atoms with van der Waals surface area (Å²) in [5, 5.41) is 20.9. The SMILES string of the molecule is Cc1nc(C2(O)CC3CC(c4ncn(C)c4C(=O)Nc4ccc(F)c(Cl)c4)CC3C2)n[nH]1. The first kappa shape index (κ1) is 21.1. The van der Waals surface area contributed by atoms with Gasteiger partial charge in [-0.1, -0.05) is 11.6 Å². The molecular weight excluding hydrogens is 435 g/mol. The molecule has 2 unspecified atom stereocenters. The second kappa shape index (κ2) is 7.67. The Balaban J connectivity index is 1.32. The average molecular weight is 459 g/mol. The van der Waals surface area contributed by atoms with Crippen LogP contribution in [0.5, 0.6) is 0 Å². The zero-order valence-electron chi connectivity index (χ0n) is 17.8. The standard InChI is InChI=1S/C22H24ClFN6O2/c1-11-26-21(29-28-11)22(32)8-13-5-12(6-14(13)9-22)18-19(30(2)10-25-18)20(31)27-15-3-4-17(24)16(23)7-15/h3-4,7,10,12-14,32H,5-6,8-9H2,1-2H3,(H,27,31)(H,26,28,29). The zero-order valence-corrected chi connectivity index (χ0v) is 18.5. The predicted octanol–water partition coefficient (Wildman–Crippen LogP) is 3.68. The van der Waals surface area contributed by atoms with E-state index < -0.39 is 11.4 Å². The minimum atomic E-state index is -1.00. The summed E-state index contributed by atoms with van der Waals surface area (Å²) >= 11 is 5.84. The number of benzene rings is 1. The molecule has 2 aliphatic carbocycles. The molecule has 0 radical (unpaired) electrons. The van der Waals surface area contributed by atoms with Gasteiger partial charge in [0.1, 0.15) is 22.9 Å². The Labute approximate surface area is 189 Å². The van der Waals surface area contributed by atoms with Crippen molar-refractivity contribution in [2.75, 3.05) is 5.32 Å². The Morgan fingerprint density at radius 2 is 2.06 bits per heavy atom. The fourth-order valence-electron chi connectivity index (χ4n) is 5.41. The predicted molar refractivity (Wildman–Crippen MR) is 116 cm³/mol. The molecule has 2 aromatic heterocycles. The van der Waals surface area contributed by atoms with Gasteiger partial charge in [0.2, 0.25) is 0 Å². The number of aromatic amines is 1. The summed E-state index contributed by atoms with van der Waals surface area (Å²) in [6.07, 6.45) is 4.54. The van der Waals surface area contributed by atoms with E-state index in [0.717, 1.165) is 18.5 Å². The van der Waals surface area contributed by atoms with Crippen molar-refractivity contribution in [3.8, 4) is 0 Å². The molecule has 1 aromatic carbocycles. The van der Waals surface area contributed by atoms with Crippen molar-refractivity contribution >= 4 is 23.2 Å². The highest BCUT2D eigenvalue weighted by molar-refractivity contribution is 6.31. The van der Waals surface area contributed by atoms with Crippen LogP contribution in [-0.4, -0.2) is 35.7 Å². The van der Waals surface area contributed by atoms with Crippen LogP contribution in [0.2, 0.25) is 5.02 Å². The molecule has 32 heavy (non-hydrogen) atoms. The van der Waals surface area contributed by atoms with Crippen molar-refractivity contribution in [3.63, 3.8) is 0 Å². The van der Waals surface area contributed by atoms with Gasteiger partial charge in [-0.15, -0.1) is 0 Å². The van der Waals surface area contributed by atoms with Gasteiger partial charge < -0.3 is 15.0 Å². The number of aryl methyl sites for hydroxylation is 2. The van der Waals surface area contributed by atoms with Crippen LogP contribution in [0.25, 0.3) is 0 Å². The number of fused-ring (bicyclic) bond motifs is 1. The van der Waals surface area contributed by atoms with Gasteiger partial charge >= 0.3 is 0 Å². The quantitative estimate of drug-likeness (QED) is 0.552. The number of hydrogen-bond acceptors (Lipinski definition) is 5. The van der Waals surface area contributed by atoms with E-state index in [1.165, 1.54) is 18.2 Å².